The molecule has 1 saturated carbocycles. The first-order valence-corrected chi connectivity index (χ1v) is 7.21. The Hall–Kier alpha value is -0.120. The number of rotatable bonds is 6. The molecule has 0 amide bonds. The van der Waals surface area contributed by atoms with Gasteiger partial charge in [-0.15, -0.1) is 0 Å². The molecule has 1 aliphatic heterocycles. The largest absolute Gasteiger partial charge is 0.378 e. The van der Waals surface area contributed by atoms with Gasteiger partial charge in [-0.2, -0.15) is 0 Å². The average molecular weight is 240 g/mol. The maximum atomic E-state index is 5.62. The predicted molar refractivity (Wildman–Crippen MR) is 71.3 cm³/mol. The maximum Gasteiger partial charge on any atom is 0.0645 e. The van der Waals surface area contributed by atoms with Crippen molar-refractivity contribution in [2.45, 2.75) is 64.1 Å². The standard InChI is InChI=1S/C14H28N2O/c1-4-5-13(10-15-12-6-7-12)16-8-9-17-11-14(16,2)3/h12-13,15H,4-11H2,1-3H3. The fourth-order valence-corrected chi connectivity index (χ4v) is 2.84. The molecule has 17 heavy (non-hydrogen) atoms. The summed E-state index contributed by atoms with van der Waals surface area (Å²) in [4.78, 5) is 2.66. The average Bonchev–Trinajstić information content (AvgIpc) is 3.08. The highest BCUT2D eigenvalue weighted by atomic mass is 16.5. The van der Waals surface area contributed by atoms with Crippen LogP contribution in [-0.2, 0) is 4.74 Å². The minimum Gasteiger partial charge on any atom is -0.378 e. The van der Waals surface area contributed by atoms with Gasteiger partial charge >= 0.3 is 0 Å². The summed E-state index contributed by atoms with van der Waals surface area (Å²) in [5.41, 5.74) is 0.198. The van der Waals surface area contributed by atoms with E-state index in [1.807, 2.05) is 0 Å². The SMILES string of the molecule is CCCC(CNC1CC1)N1CCOCC1(C)C. The zero-order valence-corrected chi connectivity index (χ0v) is 11.7. The van der Waals surface area contributed by atoms with Crippen molar-refractivity contribution in [3.8, 4) is 0 Å². The lowest BCUT2D eigenvalue weighted by molar-refractivity contribution is -0.0730. The van der Waals surface area contributed by atoms with E-state index in [1.165, 1.54) is 25.7 Å². The molecule has 1 unspecified atom stereocenters. The van der Waals surface area contributed by atoms with Crippen molar-refractivity contribution in [3.63, 3.8) is 0 Å². The topological polar surface area (TPSA) is 24.5 Å². The Balaban J connectivity index is 1.91. The van der Waals surface area contributed by atoms with E-state index >= 15 is 0 Å². The quantitative estimate of drug-likeness (QED) is 0.769. The highest BCUT2D eigenvalue weighted by Crippen LogP contribution is 2.25. The Morgan fingerprint density at radius 2 is 2.18 bits per heavy atom. The number of hydrogen-bond donors (Lipinski definition) is 1. The fraction of sp³-hybridized carbons (Fsp3) is 1.00. The summed E-state index contributed by atoms with van der Waals surface area (Å²) in [6.45, 7) is 10.9. The molecule has 1 N–H and O–H groups in total. The molecule has 1 aliphatic carbocycles. The zero-order chi connectivity index (χ0) is 12.3. The summed E-state index contributed by atoms with van der Waals surface area (Å²) >= 11 is 0. The van der Waals surface area contributed by atoms with Crippen LogP contribution in [0, 0.1) is 0 Å². The molecule has 0 bridgehead atoms. The molecular formula is C14H28N2O. The van der Waals surface area contributed by atoms with Gasteiger partial charge in [-0.25, -0.2) is 0 Å². The smallest absolute Gasteiger partial charge is 0.0645 e. The van der Waals surface area contributed by atoms with Gasteiger partial charge in [0.2, 0.25) is 0 Å². The van der Waals surface area contributed by atoms with Gasteiger partial charge in [0.1, 0.15) is 0 Å². The van der Waals surface area contributed by atoms with Crippen LogP contribution in [0.3, 0.4) is 0 Å². The Kier molecular flexibility index (Phi) is 4.45. The molecule has 100 valence electrons. The summed E-state index contributed by atoms with van der Waals surface area (Å²) in [6, 6.07) is 1.50. The van der Waals surface area contributed by atoms with Crippen LogP contribution >= 0.6 is 0 Å². The number of nitrogens with one attached hydrogen (secondary N) is 1. The third-order valence-corrected chi connectivity index (χ3v) is 3.99. The van der Waals surface area contributed by atoms with E-state index in [9.17, 15) is 0 Å². The van der Waals surface area contributed by atoms with Crippen molar-refractivity contribution in [2.24, 2.45) is 0 Å². The third-order valence-electron chi connectivity index (χ3n) is 3.99. The molecule has 3 heteroatoms. The second kappa shape index (κ2) is 5.68. The predicted octanol–water partition coefficient (Wildman–Crippen LogP) is 2.02. The summed E-state index contributed by atoms with van der Waals surface area (Å²) in [5.74, 6) is 0. The maximum absolute atomic E-state index is 5.62. The lowest BCUT2D eigenvalue weighted by atomic mass is 9.97. The van der Waals surface area contributed by atoms with Crippen molar-refractivity contribution >= 4 is 0 Å². The molecule has 3 nitrogen and oxygen atoms in total. The van der Waals surface area contributed by atoms with Crippen LogP contribution in [0.2, 0.25) is 0 Å². The molecule has 1 heterocycles. The zero-order valence-electron chi connectivity index (χ0n) is 11.7. The number of morpholine rings is 1. The van der Waals surface area contributed by atoms with Gasteiger partial charge < -0.3 is 10.1 Å². The van der Waals surface area contributed by atoms with E-state index in [0.717, 1.165) is 32.3 Å². The normalized spacial score (nSPS) is 27.0. The lowest BCUT2D eigenvalue weighted by Crippen LogP contribution is -2.59. The van der Waals surface area contributed by atoms with E-state index in [0.29, 0.717) is 6.04 Å². The highest BCUT2D eigenvalue weighted by molar-refractivity contribution is 4.91. The van der Waals surface area contributed by atoms with E-state index in [4.69, 9.17) is 4.74 Å². The van der Waals surface area contributed by atoms with Crippen LogP contribution in [0.15, 0.2) is 0 Å². The minimum atomic E-state index is 0.198. The lowest BCUT2D eigenvalue weighted by Gasteiger charge is -2.47. The molecule has 0 radical (unpaired) electrons. The summed E-state index contributed by atoms with van der Waals surface area (Å²) in [5, 5.41) is 3.69. The fourth-order valence-electron chi connectivity index (χ4n) is 2.84. The molecule has 1 saturated heterocycles. The van der Waals surface area contributed by atoms with Gasteiger partial charge in [0.05, 0.1) is 13.2 Å². The van der Waals surface area contributed by atoms with Gasteiger partial charge in [0.15, 0.2) is 0 Å². The second-order valence-corrected chi connectivity index (χ2v) is 6.18. The Labute approximate surface area is 106 Å². The van der Waals surface area contributed by atoms with Crippen LogP contribution in [0.5, 0.6) is 0 Å². The van der Waals surface area contributed by atoms with Crippen molar-refractivity contribution in [1.82, 2.24) is 10.2 Å². The monoisotopic (exact) mass is 240 g/mol. The van der Waals surface area contributed by atoms with E-state index < -0.39 is 0 Å². The van der Waals surface area contributed by atoms with Crippen LogP contribution in [-0.4, -0.2) is 48.8 Å². The van der Waals surface area contributed by atoms with Gasteiger partial charge in [-0.3, -0.25) is 4.90 Å². The van der Waals surface area contributed by atoms with Crippen molar-refractivity contribution < 1.29 is 4.74 Å². The first kappa shape index (κ1) is 13.3. The van der Waals surface area contributed by atoms with Crippen LogP contribution in [0.1, 0.15) is 46.5 Å². The molecule has 1 atom stereocenters. The van der Waals surface area contributed by atoms with Gasteiger partial charge in [-0.05, 0) is 33.1 Å². The third kappa shape index (κ3) is 3.67. The molecule has 0 spiro atoms. The van der Waals surface area contributed by atoms with Gasteiger partial charge in [0.25, 0.3) is 0 Å². The second-order valence-electron chi connectivity index (χ2n) is 6.18. The molecule has 2 aliphatic rings. The molecule has 0 aromatic carbocycles. The van der Waals surface area contributed by atoms with E-state index in [-0.39, 0.29) is 5.54 Å². The van der Waals surface area contributed by atoms with Crippen molar-refractivity contribution in [2.75, 3.05) is 26.3 Å². The first-order valence-electron chi connectivity index (χ1n) is 7.21. The minimum absolute atomic E-state index is 0.198. The number of nitrogens with zero attached hydrogens (tertiary/aromatic N) is 1. The highest BCUT2D eigenvalue weighted by Gasteiger charge is 2.35. The summed E-state index contributed by atoms with van der Waals surface area (Å²) < 4.78 is 5.62. The number of ether oxygens (including phenoxy) is 1. The Morgan fingerprint density at radius 3 is 2.76 bits per heavy atom. The van der Waals surface area contributed by atoms with Crippen molar-refractivity contribution in [1.29, 1.82) is 0 Å². The molecule has 0 aromatic heterocycles. The molecule has 0 aromatic rings. The summed E-state index contributed by atoms with van der Waals surface area (Å²) in [6.07, 6.45) is 5.32. The van der Waals surface area contributed by atoms with Gasteiger partial charge in [0, 0.05) is 30.7 Å². The van der Waals surface area contributed by atoms with Crippen molar-refractivity contribution in [3.05, 3.63) is 0 Å². The molecule has 2 rings (SSSR count). The van der Waals surface area contributed by atoms with Crippen LogP contribution in [0.4, 0.5) is 0 Å². The first-order chi connectivity index (χ1) is 8.13. The van der Waals surface area contributed by atoms with Crippen LogP contribution in [0.25, 0.3) is 0 Å². The Bertz CT molecular complexity index is 238. The molecule has 2 fully saturated rings. The van der Waals surface area contributed by atoms with E-state index in [2.05, 4.69) is 31.0 Å². The van der Waals surface area contributed by atoms with Crippen LogP contribution < -0.4 is 5.32 Å². The van der Waals surface area contributed by atoms with Gasteiger partial charge in [-0.1, -0.05) is 13.3 Å². The Morgan fingerprint density at radius 1 is 1.41 bits per heavy atom. The molecular weight excluding hydrogens is 212 g/mol. The van der Waals surface area contributed by atoms with E-state index in [1.54, 1.807) is 0 Å². The summed E-state index contributed by atoms with van der Waals surface area (Å²) in [7, 11) is 0. The number of hydrogen-bond acceptors (Lipinski definition) is 3.